The van der Waals surface area contributed by atoms with Crippen molar-refractivity contribution in [2.45, 2.75) is 99.8 Å². The Morgan fingerprint density at radius 3 is 2.42 bits per heavy atom. The van der Waals surface area contributed by atoms with Gasteiger partial charge in [0, 0.05) is 12.8 Å². The summed E-state index contributed by atoms with van der Waals surface area (Å²) in [6.45, 7) is 20.0. The lowest BCUT2D eigenvalue weighted by Crippen LogP contribution is -2.52. The Morgan fingerprint density at radius 1 is 1.18 bits per heavy atom. The molecule has 3 aliphatic carbocycles. The first-order valence-electron chi connectivity index (χ1n) is 13.0. The minimum absolute atomic E-state index is 0.0538. The number of allylic oxidation sites excluding steroid dienone is 5. The van der Waals surface area contributed by atoms with Crippen LogP contribution in [0.3, 0.4) is 0 Å². The first kappa shape index (κ1) is 26.0. The van der Waals surface area contributed by atoms with Crippen molar-refractivity contribution in [3.8, 4) is 0 Å². The molecule has 0 amide bonds. The van der Waals surface area contributed by atoms with E-state index in [4.69, 9.17) is 0 Å². The molecule has 1 N–H and O–H groups in total. The Balaban J connectivity index is 1.93. The molecule has 0 unspecified atom stereocenters. The van der Waals surface area contributed by atoms with Gasteiger partial charge < -0.3 is 5.11 Å². The van der Waals surface area contributed by atoms with Crippen molar-refractivity contribution in [3.63, 3.8) is 0 Å². The van der Waals surface area contributed by atoms with Gasteiger partial charge in [-0.1, -0.05) is 57.1 Å². The van der Waals surface area contributed by atoms with Crippen LogP contribution in [0.1, 0.15) is 99.8 Å². The van der Waals surface area contributed by atoms with Gasteiger partial charge in [-0.2, -0.15) is 0 Å². The maximum absolute atomic E-state index is 12.6. The van der Waals surface area contributed by atoms with Crippen LogP contribution in [-0.2, 0) is 9.59 Å². The number of hydrogen-bond donors (Lipinski definition) is 1. The fourth-order valence-electron chi connectivity index (χ4n) is 8.43. The summed E-state index contributed by atoms with van der Waals surface area (Å²) < 4.78 is 0. The SMILES string of the molecule is C=C(C)[C@@H]1CC=C2[C@H](CC[C@]3(C)[C@@H]([C@H](C)CC(=O)C=C(C)C)CC[C@@]23C)[C@@]1(C)CCC(=O)O. The molecule has 0 bridgehead atoms. The molecule has 0 heterocycles. The summed E-state index contributed by atoms with van der Waals surface area (Å²) in [5.41, 5.74) is 4.11. The molecule has 3 heteroatoms. The number of carbonyl (C=O) groups is 2. The molecule has 0 aromatic heterocycles. The predicted molar refractivity (Wildman–Crippen MR) is 136 cm³/mol. The largest absolute Gasteiger partial charge is 0.481 e. The summed E-state index contributed by atoms with van der Waals surface area (Å²) >= 11 is 0. The summed E-state index contributed by atoms with van der Waals surface area (Å²) in [7, 11) is 0. The summed E-state index contributed by atoms with van der Waals surface area (Å²) in [4.78, 5) is 24.1. The quantitative estimate of drug-likeness (QED) is 0.301. The summed E-state index contributed by atoms with van der Waals surface area (Å²) in [6.07, 6.45) is 11.5. The smallest absolute Gasteiger partial charge is 0.303 e. The highest BCUT2D eigenvalue weighted by Gasteiger charge is 2.63. The zero-order valence-electron chi connectivity index (χ0n) is 22.1. The third-order valence-corrected chi connectivity index (χ3v) is 10.3. The topological polar surface area (TPSA) is 54.4 Å². The monoisotopic (exact) mass is 454 g/mol. The Hall–Kier alpha value is -1.64. The maximum Gasteiger partial charge on any atom is 0.303 e. The Bertz CT molecular complexity index is 875. The van der Waals surface area contributed by atoms with Crippen LogP contribution in [0, 0.1) is 39.9 Å². The van der Waals surface area contributed by atoms with E-state index in [9.17, 15) is 14.7 Å². The molecule has 2 fully saturated rings. The Morgan fingerprint density at radius 2 is 1.85 bits per heavy atom. The third-order valence-electron chi connectivity index (χ3n) is 10.3. The maximum atomic E-state index is 12.6. The van der Waals surface area contributed by atoms with Gasteiger partial charge in [-0.3, -0.25) is 9.59 Å². The van der Waals surface area contributed by atoms with Gasteiger partial charge in [0.25, 0.3) is 0 Å². The molecule has 0 aromatic rings. The van der Waals surface area contributed by atoms with Crippen LogP contribution in [0.4, 0.5) is 0 Å². The molecule has 0 radical (unpaired) electrons. The van der Waals surface area contributed by atoms with Crippen LogP contribution in [0.2, 0.25) is 0 Å². The van der Waals surface area contributed by atoms with Crippen LogP contribution < -0.4 is 0 Å². The van der Waals surface area contributed by atoms with Gasteiger partial charge in [0.15, 0.2) is 5.78 Å². The van der Waals surface area contributed by atoms with Crippen molar-refractivity contribution in [1.82, 2.24) is 0 Å². The van der Waals surface area contributed by atoms with E-state index < -0.39 is 5.97 Å². The standard InChI is InChI=1S/C30H46O3/c1-19(2)17-22(31)18-21(5)24-11-15-30(8)26-10-9-23(20(3)4)28(6,14-13-27(32)33)25(26)12-16-29(24,30)7/h10,17,21,23-25H,3,9,11-16,18H2,1-2,4-8H3,(H,32,33)/t21-,23+,24-,25+,28+,29-,30+/m1/s1. The highest BCUT2D eigenvalue weighted by atomic mass is 16.4. The highest BCUT2D eigenvalue weighted by Crippen LogP contribution is 2.71. The Labute approximate surface area is 201 Å². The second-order valence-electron chi connectivity index (χ2n) is 12.5. The molecule has 0 aromatic carbocycles. The lowest BCUT2D eigenvalue weighted by atomic mass is 9.44. The molecule has 0 aliphatic heterocycles. The normalized spacial score (nSPS) is 38.5. The molecular weight excluding hydrogens is 408 g/mol. The fraction of sp³-hybridized carbons (Fsp3) is 0.733. The van der Waals surface area contributed by atoms with Crippen LogP contribution in [0.15, 0.2) is 35.5 Å². The number of hydrogen-bond acceptors (Lipinski definition) is 2. The van der Waals surface area contributed by atoms with Crippen molar-refractivity contribution in [1.29, 1.82) is 0 Å². The summed E-state index contributed by atoms with van der Waals surface area (Å²) in [6, 6.07) is 0. The molecule has 33 heavy (non-hydrogen) atoms. The molecule has 0 spiro atoms. The number of aliphatic carboxylic acids is 1. The van der Waals surface area contributed by atoms with Crippen molar-refractivity contribution in [2.24, 2.45) is 39.9 Å². The fourth-order valence-corrected chi connectivity index (χ4v) is 8.43. The number of rotatable bonds is 8. The van der Waals surface area contributed by atoms with Gasteiger partial charge in [-0.05, 0) is 105 Å². The molecule has 3 nitrogen and oxygen atoms in total. The second-order valence-corrected chi connectivity index (χ2v) is 12.5. The van der Waals surface area contributed by atoms with E-state index in [0.717, 1.165) is 24.8 Å². The summed E-state index contributed by atoms with van der Waals surface area (Å²) in [5.74, 6) is 1.25. The van der Waals surface area contributed by atoms with Gasteiger partial charge in [-0.25, -0.2) is 0 Å². The molecule has 7 atom stereocenters. The molecule has 2 saturated carbocycles. The average Bonchev–Trinajstić information content (AvgIpc) is 2.97. The second kappa shape index (κ2) is 9.19. The number of ketones is 1. The van der Waals surface area contributed by atoms with E-state index in [0.29, 0.717) is 36.5 Å². The van der Waals surface area contributed by atoms with Gasteiger partial charge in [0.05, 0.1) is 0 Å². The molecule has 3 aliphatic rings. The molecular formula is C30H46O3. The lowest BCUT2D eigenvalue weighted by Gasteiger charge is -2.60. The van der Waals surface area contributed by atoms with E-state index in [1.54, 1.807) is 11.6 Å². The average molecular weight is 455 g/mol. The molecule has 0 saturated heterocycles. The van der Waals surface area contributed by atoms with Crippen LogP contribution in [0.25, 0.3) is 0 Å². The lowest BCUT2D eigenvalue weighted by molar-refractivity contribution is -0.138. The first-order valence-corrected chi connectivity index (χ1v) is 13.0. The number of carbonyl (C=O) groups excluding carboxylic acids is 1. The van der Waals surface area contributed by atoms with Gasteiger partial charge >= 0.3 is 5.97 Å². The zero-order valence-corrected chi connectivity index (χ0v) is 22.1. The first-order chi connectivity index (χ1) is 15.3. The van der Waals surface area contributed by atoms with Gasteiger partial charge in [0.1, 0.15) is 0 Å². The van der Waals surface area contributed by atoms with Crippen LogP contribution in [0.5, 0.6) is 0 Å². The van der Waals surface area contributed by atoms with Gasteiger partial charge in [-0.15, -0.1) is 0 Å². The van der Waals surface area contributed by atoms with E-state index >= 15 is 0 Å². The molecule has 184 valence electrons. The predicted octanol–water partition coefficient (Wildman–Crippen LogP) is 7.77. The number of carboxylic acid groups (broad SMARTS) is 1. The zero-order chi connectivity index (χ0) is 24.8. The van der Waals surface area contributed by atoms with Crippen LogP contribution in [-0.4, -0.2) is 16.9 Å². The minimum atomic E-state index is -0.699. The van der Waals surface area contributed by atoms with E-state index in [1.165, 1.54) is 18.4 Å². The van der Waals surface area contributed by atoms with Crippen molar-refractivity contribution >= 4 is 11.8 Å². The highest BCUT2D eigenvalue weighted by molar-refractivity contribution is 5.90. The number of fused-ring (bicyclic) bond motifs is 3. The van der Waals surface area contributed by atoms with E-state index in [1.807, 2.05) is 13.8 Å². The minimum Gasteiger partial charge on any atom is -0.481 e. The van der Waals surface area contributed by atoms with Crippen molar-refractivity contribution < 1.29 is 14.7 Å². The Kier molecular flexibility index (Phi) is 7.23. The summed E-state index contributed by atoms with van der Waals surface area (Å²) in [5, 5.41) is 9.48. The third kappa shape index (κ3) is 4.42. The van der Waals surface area contributed by atoms with Crippen molar-refractivity contribution in [2.75, 3.05) is 0 Å². The number of carboxylic acids is 1. The van der Waals surface area contributed by atoms with Crippen molar-refractivity contribution in [3.05, 3.63) is 35.5 Å². The van der Waals surface area contributed by atoms with E-state index in [2.05, 4.69) is 47.3 Å². The van der Waals surface area contributed by atoms with E-state index in [-0.39, 0.29) is 28.4 Å². The van der Waals surface area contributed by atoms with Gasteiger partial charge in [0.2, 0.25) is 0 Å². The van der Waals surface area contributed by atoms with Crippen LogP contribution >= 0.6 is 0 Å². The molecule has 3 rings (SSSR count).